The number of fused-ring (bicyclic) bond motifs is 6. The van der Waals surface area contributed by atoms with Crippen LogP contribution in [-0.2, 0) is 6.18 Å². The standard InChI is InChI=1S/C51H30F3N5S/c52-51(53,54)37-21-23-38(24-22-37)59-43-14-8-7-13-39(43)40-27-35(19-25-44(40)59)36-20-26-45-41(28-36)47-42(29-55-30-46(47)60-45)50-57-48(33-11-5-2-6-12-33)56-49(58-50)34-17-15-32(16-18-34)31-9-3-1-4-10-31/h1-30H. The Labute approximate surface area is 345 Å². The van der Waals surface area contributed by atoms with E-state index in [1.54, 1.807) is 11.3 Å². The first-order valence-electron chi connectivity index (χ1n) is 19.3. The predicted octanol–water partition coefficient (Wildman–Crippen LogP) is 14.1. The highest BCUT2D eigenvalue weighted by Gasteiger charge is 2.30. The van der Waals surface area contributed by atoms with Gasteiger partial charge in [-0.3, -0.25) is 4.98 Å². The van der Waals surface area contributed by atoms with E-state index >= 15 is 0 Å². The lowest BCUT2D eigenvalue weighted by atomic mass is 9.99. The fourth-order valence-corrected chi connectivity index (χ4v) is 9.17. The van der Waals surface area contributed by atoms with Crippen molar-refractivity contribution in [3.05, 3.63) is 188 Å². The lowest BCUT2D eigenvalue weighted by Gasteiger charge is -2.11. The van der Waals surface area contributed by atoms with Crippen molar-refractivity contribution >= 4 is 53.3 Å². The highest BCUT2D eigenvalue weighted by Crippen LogP contribution is 2.42. The summed E-state index contributed by atoms with van der Waals surface area (Å²) in [6, 6.07) is 54.6. The van der Waals surface area contributed by atoms with E-state index in [9.17, 15) is 13.2 Å². The molecule has 286 valence electrons. The molecule has 0 spiro atoms. The molecule has 0 atom stereocenters. The maximum Gasteiger partial charge on any atom is 0.416 e. The largest absolute Gasteiger partial charge is 0.416 e. The minimum absolute atomic E-state index is 0.534. The molecule has 0 bridgehead atoms. The van der Waals surface area contributed by atoms with E-state index in [-0.39, 0.29) is 0 Å². The van der Waals surface area contributed by atoms with Crippen LogP contribution in [0.2, 0.25) is 0 Å². The van der Waals surface area contributed by atoms with E-state index in [2.05, 4.69) is 83.8 Å². The van der Waals surface area contributed by atoms with Crippen molar-refractivity contribution in [3.63, 3.8) is 0 Å². The summed E-state index contributed by atoms with van der Waals surface area (Å²) in [6.07, 6.45) is -0.667. The van der Waals surface area contributed by atoms with Crippen LogP contribution in [0, 0.1) is 0 Å². The van der Waals surface area contributed by atoms with Crippen LogP contribution in [0.1, 0.15) is 5.56 Å². The van der Waals surface area contributed by atoms with Gasteiger partial charge >= 0.3 is 6.18 Å². The Morgan fingerprint density at radius 1 is 0.433 bits per heavy atom. The molecule has 0 radical (unpaired) electrons. The Morgan fingerprint density at radius 3 is 1.70 bits per heavy atom. The quantitative estimate of drug-likeness (QED) is 0.168. The summed E-state index contributed by atoms with van der Waals surface area (Å²) in [4.78, 5) is 19.8. The summed E-state index contributed by atoms with van der Waals surface area (Å²) < 4.78 is 44.5. The fraction of sp³-hybridized carbons (Fsp3) is 0.0196. The number of alkyl halides is 3. The topological polar surface area (TPSA) is 56.5 Å². The smallest absolute Gasteiger partial charge is 0.309 e. The molecule has 0 saturated carbocycles. The Balaban J connectivity index is 1.04. The molecule has 9 heteroatoms. The Bertz CT molecular complexity index is 3400. The zero-order valence-electron chi connectivity index (χ0n) is 31.6. The summed E-state index contributed by atoms with van der Waals surface area (Å²) in [6.45, 7) is 0. The summed E-state index contributed by atoms with van der Waals surface area (Å²) in [5, 5.41) is 4.10. The molecule has 7 aromatic carbocycles. The normalized spacial score (nSPS) is 11.9. The van der Waals surface area contributed by atoms with Crippen LogP contribution in [0.3, 0.4) is 0 Å². The first kappa shape index (κ1) is 35.7. The minimum Gasteiger partial charge on any atom is -0.309 e. The average Bonchev–Trinajstić information content (AvgIpc) is 3.84. The number of halogens is 3. The van der Waals surface area contributed by atoms with Crippen LogP contribution in [0.4, 0.5) is 13.2 Å². The molecule has 0 N–H and O–H groups in total. The number of rotatable bonds is 6. The number of pyridine rings is 1. The van der Waals surface area contributed by atoms with Crippen LogP contribution in [0.15, 0.2) is 182 Å². The first-order chi connectivity index (χ1) is 29.4. The van der Waals surface area contributed by atoms with E-state index in [0.29, 0.717) is 23.2 Å². The van der Waals surface area contributed by atoms with Gasteiger partial charge in [0.05, 0.1) is 21.3 Å². The van der Waals surface area contributed by atoms with Crippen LogP contribution in [-0.4, -0.2) is 24.5 Å². The zero-order chi connectivity index (χ0) is 40.4. The van der Waals surface area contributed by atoms with E-state index in [1.807, 2.05) is 83.7 Å². The zero-order valence-corrected chi connectivity index (χ0v) is 32.4. The van der Waals surface area contributed by atoms with Crippen molar-refractivity contribution in [1.82, 2.24) is 24.5 Å². The maximum absolute atomic E-state index is 13.4. The van der Waals surface area contributed by atoms with Gasteiger partial charge in [-0.1, -0.05) is 115 Å². The molecule has 0 amide bonds. The second-order valence-corrected chi connectivity index (χ2v) is 15.7. The predicted molar refractivity (Wildman–Crippen MR) is 237 cm³/mol. The lowest BCUT2D eigenvalue weighted by Crippen LogP contribution is -2.05. The number of para-hydroxylation sites is 1. The second kappa shape index (κ2) is 14.1. The SMILES string of the molecule is FC(F)(F)c1ccc(-n2c3ccccc3c3cc(-c4ccc5sc6cncc(-c7nc(-c8ccccc8)nc(-c8ccc(-c9ccccc9)cc8)n7)c6c5c4)ccc32)cc1. The number of nitrogens with zero attached hydrogens (tertiary/aromatic N) is 5. The van der Waals surface area contributed by atoms with Gasteiger partial charge in [0.15, 0.2) is 17.5 Å². The fourth-order valence-electron chi connectivity index (χ4n) is 8.09. The van der Waals surface area contributed by atoms with Gasteiger partial charge in [-0.25, -0.2) is 15.0 Å². The van der Waals surface area contributed by atoms with E-state index < -0.39 is 11.7 Å². The molecule has 0 aliphatic rings. The van der Waals surface area contributed by atoms with Gasteiger partial charge < -0.3 is 4.57 Å². The molecule has 0 saturated heterocycles. The van der Waals surface area contributed by atoms with E-state index in [0.717, 1.165) is 93.1 Å². The molecule has 0 aliphatic heterocycles. The Hall–Kier alpha value is -7.49. The molecule has 0 aliphatic carbocycles. The Morgan fingerprint density at radius 2 is 0.983 bits per heavy atom. The third-order valence-corrected chi connectivity index (χ3v) is 12.1. The van der Waals surface area contributed by atoms with Crippen LogP contribution < -0.4 is 0 Å². The van der Waals surface area contributed by atoms with Crippen molar-refractivity contribution < 1.29 is 13.2 Å². The monoisotopic (exact) mass is 801 g/mol. The van der Waals surface area contributed by atoms with Crippen molar-refractivity contribution in [2.45, 2.75) is 6.18 Å². The lowest BCUT2D eigenvalue weighted by molar-refractivity contribution is -0.137. The highest BCUT2D eigenvalue weighted by atomic mass is 32.1. The third kappa shape index (κ3) is 6.18. The van der Waals surface area contributed by atoms with E-state index in [4.69, 9.17) is 15.0 Å². The molecule has 0 unspecified atom stereocenters. The maximum atomic E-state index is 13.4. The summed E-state index contributed by atoms with van der Waals surface area (Å²) in [5.41, 5.74) is 8.67. The van der Waals surface area contributed by atoms with Gasteiger partial charge in [0.25, 0.3) is 0 Å². The van der Waals surface area contributed by atoms with Crippen molar-refractivity contribution in [1.29, 1.82) is 0 Å². The van der Waals surface area contributed by atoms with E-state index in [1.165, 1.54) is 12.1 Å². The number of hydrogen-bond donors (Lipinski definition) is 0. The van der Waals surface area contributed by atoms with Crippen molar-refractivity contribution in [2.24, 2.45) is 0 Å². The molecule has 60 heavy (non-hydrogen) atoms. The van der Waals surface area contributed by atoms with Crippen LogP contribution >= 0.6 is 11.3 Å². The number of aromatic nitrogens is 5. The van der Waals surface area contributed by atoms with Gasteiger partial charge in [-0.05, 0) is 76.9 Å². The van der Waals surface area contributed by atoms with Crippen LogP contribution in [0.5, 0.6) is 0 Å². The first-order valence-corrected chi connectivity index (χ1v) is 20.2. The average molecular weight is 802 g/mol. The highest BCUT2D eigenvalue weighted by molar-refractivity contribution is 7.25. The number of benzene rings is 7. The van der Waals surface area contributed by atoms with Gasteiger partial charge in [0.2, 0.25) is 0 Å². The van der Waals surface area contributed by atoms with Gasteiger partial charge in [0, 0.05) is 61.0 Å². The molecule has 4 heterocycles. The summed E-state index contributed by atoms with van der Waals surface area (Å²) in [5.74, 6) is 1.68. The molecule has 4 aromatic heterocycles. The molecule has 5 nitrogen and oxygen atoms in total. The minimum atomic E-state index is -4.41. The molecule has 0 fully saturated rings. The van der Waals surface area contributed by atoms with Gasteiger partial charge in [-0.2, -0.15) is 13.2 Å². The Kier molecular flexibility index (Phi) is 8.38. The molecule has 11 aromatic rings. The number of thiophene rings is 1. The molecular weight excluding hydrogens is 772 g/mol. The summed E-state index contributed by atoms with van der Waals surface area (Å²) >= 11 is 1.68. The van der Waals surface area contributed by atoms with Gasteiger partial charge in [-0.15, -0.1) is 11.3 Å². The second-order valence-electron chi connectivity index (χ2n) is 14.6. The van der Waals surface area contributed by atoms with Crippen molar-refractivity contribution in [2.75, 3.05) is 0 Å². The van der Waals surface area contributed by atoms with Gasteiger partial charge in [0.1, 0.15) is 0 Å². The van der Waals surface area contributed by atoms with Crippen molar-refractivity contribution in [3.8, 4) is 62.1 Å². The third-order valence-electron chi connectivity index (χ3n) is 11.0. The molecular formula is C51H30F3N5S. The number of hydrogen-bond acceptors (Lipinski definition) is 5. The molecule has 11 rings (SSSR count). The summed E-state index contributed by atoms with van der Waals surface area (Å²) in [7, 11) is 0. The van der Waals surface area contributed by atoms with Crippen LogP contribution in [0.25, 0.3) is 104 Å².